The van der Waals surface area contributed by atoms with E-state index >= 15 is 0 Å². The summed E-state index contributed by atoms with van der Waals surface area (Å²) in [5, 5.41) is 4.53. The summed E-state index contributed by atoms with van der Waals surface area (Å²) in [5.41, 5.74) is 0. The number of ether oxygens (including phenoxy) is 1. The van der Waals surface area contributed by atoms with Crippen LogP contribution in [-0.2, 0) is 0 Å². The van der Waals surface area contributed by atoms with Crippen LogP contribution in [0, 0.1) is 0 Å². The van der Waals surface area contributed by atoms with Gasteiger partial charge in [0, 0.05) is 18.9 Å². The lowest BCUT2D eigenvalue weighted by molar-refractivity contribution is 0.400. The first kappa shape index (κ1) is 13.5. The number of aromatic nitrogens is 4. The third kappa shape index (κ3) is 3.54. The molecule has 0 aliphatic rings. The van der Waals surface area contributed by atoms with Gasteiger partial charge >= 0.3 is 0 Å². The summed E-state index contributed by atoms with van der Waals surface area (Å²) in [7, 11) is 1.60. The Kier molecular flexibility index (Phi) is 4.91. The normalized spacial score (nSPS) is 10.2. The first-order chi connectivity index (χ1) is 9.35. The highest BCUT2D eigenvalue weighted by Crippen LogP contribution is 2.34. The lowest BCUT2D eigenvalue weighted by atomic mass is 10.4. The molecule has 0 aromatic carbocycles. The summed E-state index contributed by atoms with van der Waals surface area (Å²) >= 11 is 1.35. The Labute approximate surface area is 116 Å². The molecule has 19 heavy (non-hydrogen) atoms. The maximum atomic E-state index is 5.38. The van der Waals surface area contributed by atoms with Crippen LogP contribution >= 0.6 is 11.8 Å². The van der Waals surface area contributed by atoms with Crippen LogP contribution in [0.2, 0.25) is 0 Å². The van der Waals surface area contributed by atoms with Crippen molar-refractivity contribution in [2.75, 3.05) is 19.0 Å². The number of methoxy groups -OCH3 is 1. The van der Waals surface area contributed by atoms with Gasteiger partial charge in [0.15, 0.2) is 21.7 Å². The van der Waals surface area contributed by atoms with Crippen LogP contribution in [0.1, 0.15) is 13.3 Å². The standard InChI is InChI=1S/C12H15N5OS/c1-3-5-13-10-9(18-2)11(17-8-16-10)19-12-14-6-4-7-15-12/h4,6-8H,3,5H2,1-2H3,(H,13,16,17). The molecule has 2 aromatic rings. The Bertz CT molecular complexity index is 523. The quantitative estimate of drug-likeness (QED) is 0.641. The summed E-state index contributed by atoms with van der Waals surface area (Å²) in [6, 6.07) is 1.77. The molecule has 100 valence electrons. The van der Waals surface area contributed by atoms with Crippen molar-refractivity contribution >= 4 is 17.6 Å². The molecule has 0 bridgehead atoms. The van der Waals surface area contributed by atoms with Crippen molar-refractivity contribution in [3.63, 3.8) is 0 Å². The van der Waals surface area contributed by atoms with Crippen molar-refractivity contribution in [3.8, 4) is 5.75 Å². The molecule has 2 rings (SSSR count). The predicted molar refractivity (Wildman–Crippen MR) is 73.5 cm³/mol. The lowest BCUT2D eigenvalue weighted by Crippen LogP contribution is -2.05. The number of hydrogen-bond acceptors (Lipinski definition) is 7. The molecule has 0 aliphatic carbocycles. The zero-order valence-corrected chi connectivity index (χ0v) is 11.6. The van der Waals surface area contributed by atoms with Gasteiger partial charge in [0.2, 0.25) is 0 Å². The maximum absolute atomic E-state index is 5.38. The molecular formula is C12H15N5OS. The molecule has 0 aliphatic heterocycles. The molecule has 2 heterocycles. The average molecular weight is 277 g/mol. The maximum Gasteiger partial charge on any atom is 0.194 e. The fourth-order valence-corrected chi connectivity index (χ4v) is 2.18. The molecule has 1 N–H and O–H groups in total. The number of rotatable bonds is 6. The summed E-state index contributed by atoms with van der Waals surface area (Å²) in [6.45, 7) is 2.92. The smallest absolute Gasteiger partial charge is 0.194 e. The lowest BCUT2D eigenvalue weighted by Gasteiger charge is -2.11. The minimum Gasteiger partial charge on any atom is -0.490 e. The van der Waals surface area contributed by atoms with Gasteiger partial charge in [-0.3, -0.25) is 0 Å². The molecule has 7 heteroatoms. The van der Waals surface area contributed by atoms with Gasteiger partial charge in [-0.25, -0.2) is 19.9 Å². The van der Waals surface area contributed by atoms with Crippen molar-refractivity contribution in [2.24, 2.45) is 0 Å². The van der Waals surface area contributed by atoms with Crippen LogP contribution in [0.5, 0.6) is 5.75 Å². The van der Waals surface area contributed by atoms with E-state index in [0.29, 0.717) is 21.7 Å². The van der Waals surface area contributed by atoms with E-state index in [4.69, 9.17) is 4.74 Å². The van der Waals surface area contributed by atoms with E-state index in [1.54, 1.807) is 25.6 Å². The topological polar surface area (TPSA) is 72.8 Å². The van der Waals surface area contributed by atoms with Gasteiger partial charge in [-0.15, -0.1) is 0 Å². The van der Waals surface area contributed by atoms with Crippen molar-refractivity contribution in [3.05, 3.63) is 24.8 Å². The van der Waals surface area contributed by atoms with Gasteiger partial charge in [0.1, 0.15) is 6.33 Å². The molecule has 0 saturated carbocycles. The van der Waals surface area contributed by atoms with Gasteiger partial charge in [-0.05, 0) is 24.2 Å². The van der Waals surface area contributed by atoms with Gasteiger partial charge < -0.3 is 10.1 Å². The summed E-state index contributed by atoms with van der Waals surface area (Å²) in [6.07, 6.45) is 5.90. The number of anilines is 1. The molecule has 0 unspecified atom stereocenters. The van der Waals surface area contributed by atoms with Crippen LogP contribution in [0.3, 0.4) is 0 Å². The number of nitrogens with zero attached hydrogens (tertiary/aromatic N) is 4. The van der Waals surface area contributed by atoms with E-state index < -0.39 is 0 Å². The van der Waals surface area contributed by atoms with Crippen molar-refractivity contribution < 1.29 is 4.74 Å². The molecule has 2 aromatic heterocycles. The van der Waals surface area contributed by atoms with Gasteiger partial charge in [0.25, 0.3) is 0 Å². The van der Waals surface area contributed by atoms with Crippen LogP contribution in [0.4, 0.5) is 5.82 Å². The molecular weight excluding hydrogens is 262 g/mol. The zero-order chi connectivity index (χ0) is 13.5. The molecule has 0 amide bonds. The van der Waals surface area contributed by atoms with Crippen molar-refractivity contribution in [2.45, 2.75) is 23.5 Å². The first-order valence-corrected chi connectivity index (χ1v) is 6.74. The zero-order valence-electron chi connectivity index (χ0n) is 10.8. The minimum atomic E-state index is 0.619. The highest BCUT2D eigenvalue weighted by molar-refractivity contribution is 7.99. The number of nitrogens with one attached hydrogen (secondary N) is 1. The van der Waals surface area contributed by atoms with Crippen LogP contribution in [0.25, 0.3) is 0 Å². The molecule has 0 spiro atoms. The minimum absolute atomic E-state index is 0.619. The second-order valence-electron chi connectivity index (χ2n) is 3.62. The van der Waals surface area contributed by atoms with E-state index in [0.717, 1.165) is 13.0 Å². The first-order valence-electron chi connectivity index (χ1n) is 5.93. The van der Waals surface area contributed by atoms with E-state index in [1.165, 1.54) is 18.1 Å². The van der Waals surface area contributed by atoms with Gasteiger partial charge in [-0.1, -0.05) is 6.92 Å². The van der Waals surface area contributed by atoms with Gasteiger partial charge in [0.05, 0.1) is 7.11 Å². The fraction of sp³-hybridized carbons (Fsp3) is 0.333. The summed E-state index contributed by atoms with van der Waals surface area (Å²) in [5.74, 6) is 1.31. The molecule has 0 radical (unpaired) electrons. The number of hydrogen-bond donors (Lipinski definition) is 1. The van der Waals surface area contributed by atoms with Crippen LogP contribution in [-0.4, -0.2) is 33.6 Å². The Balaban J connectivity index is 2.24. The van der Waals surface area contributed by atoms with E-state index in [2.05, 4.69) is 32.2 Å². The molecule has 0 saturated heterocycles. The van der Waals surface area contributed by atoms with Crippen molar-refractivity contribution in [1.82, 2.24) is 19.9 Å². The Hall–Kier alpha value is -1.89. The monoisotopic (exact) mass is 277 g/mol. The summed E-state index contributed by atoms with van der Waals surface area (Å²) in [4.78, 5) is 16.7. The largest absolute Gasteiger partial charge is 0.490 e. The average Bonchev–Trinajstić information content (AvgIpc) is 2.46. The van der Waals surface area contributed by atoms with Gasteiger partial charge in [-0.2, -0.15) is 0 Å². The molecule has 0 atom stereocenters. The van der Waals surface area contributed by atoms with Crippen LogP contribution < -0.4 is 10.1 Å². The van der Waals surface area contributed by atoms with E-state index in [-0.39, 0.29) is 0 Å². The van der Waals surface area contributed by atoms with Crippen LogP contribution in [0.15, 0.2) is 35.0 Å². The second-order valence-corrected chi connectivity index (χ2v) is 4.58. The second kappa shape index (κ2) is 6.89. The van der Waals surface area contributed by atoms with E-state index in [9.17, 15) is 0 Å². The fourth-order valence-electron chi connectivity index (χ4n) is 1.41. The van der Waals surface area contributed by atoms with Crippen molar-refractivity contribution in [1.29, 1.82) is 0 Å². The molecule has 0 fully saturated rings. The highest BCUT2D eigenvalue weighted by atomic mass is 32.2. The molecule has 6 nitrogen and oxygen atoms in total. The third-order valence-electron chi connectivity index (χ3n) is 2.25. The predicted octanol–water partition coefficient (Wildman–Crippen LogP) is 2.25. The van der Waals surface area contributed by atoms with E-state index in [1.807, 2.05) is 0 Å². The Morgan fingerprint density at radius 1 is 1.21 bits per heavy atom. The SMILES string of the molecule is CCCNc1ncnc(Sc2ncccn2)c1OC. The summed E-state index contributed by atoms with van der Waals surface area (Å²) < 4.78 is 5.38. The Morgan fingerprint density at radius 3 is 2.68 bits per heavy atom. The Morgan fingerprint density at radius 2 is 2.00 bits per heavy atom. The third-order valence-corrected chi connectivity index (χ3v) is 3.13. The highest BCUT2D eigenvalue weighted by Gasteiger charge is 2.13.